The van der Waals surface area contributed by atoms with E-state index in [2.05, 4.69) is 34.8 Å². The first kappa shape index (κ1) is 12.0. The van der Waals surface area contributed by atoms with Crippen molar-refractivity contribution in [2.75, 3.05) is 5.32 Å². The topological polar surface area (TPSA) is 96.7 Å². The molecule has 104 valence electrons. The van der Waals surface area contributed by atoms with E-state index in [1.165, 1.54) is 11.5 Å². The number of aromatic amines is 1. The number of anilines is 2. The molecule has 0 aliphatic carbocycles. The van der Waals surface area contributed by atoms with Gasteiger partial charge in [-0.1, -0.05) is 0 Å². The average molecular weight is 298 g/mol. The average Bonchev–Trinajstić information content (AvgIpc) is 3.18. The number of imidazole rings is 1. The summed E-state index contributed by atoms with van der Waals surface area (Å²) >= 11 is 1.29. The van der Waals surface area contributed by atoms with Crippen molar-refractivity contribution < 1.29 is 0 Å². The predicted octanol–water partition coefficient (Wildman–Crippen LogP) is 2.02. The molecule has 8 nitrogen and oxygen atoms in total. The van der Waals surface area contributed by atoms with Crippen molar-refractivity contribution in [2.45, 2.75) is 6.92 Å². The molecule has 21 heavy (non-hydrogen) atoms. The number of aromatic nitrogens is 7. The molecule has 0 radical (unpaired) electrons. The second-order valence-electron chi connectivity index (χ2n) is 4.37. The maximum absolute atomic E-state index is 4.43. The normalized spacial score (nSPS) is 11.1. The van der Waals surface area contributed by atoms with Gasteiger partial charge in [-0.25, -0.2) is 15.0 Å². The SMILES string of the molecule is Cc1nsc(Nc2nccn3c(-c4cn[nH]c4)cnc23)n1. The van der Waals surface area contributed by atoms with Crippen molar-refractivity contribution >= 4 is 28.1 Å². The number of aryl methyl sites for hydroxylation is 1. The smallest absolute Gasteiger partial charge is 0.208 e. The van der Waals surface area contributed by atoms with Gasteiger partial charge in [0.05, 0.1) is 18.1 Å². The van der Waals surface area contributed by atoms with Gasteiger partial charge in [0.15, 0.2) is 11.5 Å². The number of rotatable bonds is 3. The summed E-state index contributed by atoms with van der Waals surface area (Å²) in [5.41, 5.74) is 2.63. The first-order valence-electron chi connectivity index (χ1n) is 6.20. The van der Waals surface area contributed by atoms with Gasteiger partial charge in [0, 0.05) is 35.7 Å². The second-order valence-corrected chi connectivity index (χ2v) is 5.12. The van der Waals surface area contributed by atoms with Gasteiger partial charge in [-0.3, -0.25) is 9.50 Å². The highest BCUT2D eigenvalue weighted by Gasteiger charge is 2.12. The molecule has 0 aliphatic heterocycles. The van der Waals surface area contributed by atoms with Gasteiger partial charge in [-0.2, -0.15) is 9.47 Å². The molecule has 4 rings (SSSR count). The minimum atomic E-state index is 0.642. The molecule has 0 aliphatic rings. The molecule has 0 fully saturated rings. The van der Waals surface area contributed by atoms with Crippen LogP contribution in [0.5, 0.6) is 0 Å². The number of fused-ring (bicyclic) bond motifs is 1. The fourth-order valence-corrected chi connectivity index (χ4v) is 2.64. The molecule has 0 bridgehead atoms. The monoisotopic (exact) mass is 298 g/mol. The van der Waals surface area contributed by atoms with E-state index < -0.39 is 0 Å². The van der Waals surface area contributed by atoms with Crippen LogP contribution in [0.2, 0.25) is 0 Å². The van der Waals surface area contributed by atoms with Crippen LogP contribution < -0.4 is 5.32 Å². The lowest BCUT2D eigenvalue weighted by atomic mass is 10.3. The quantitative estimate of drug-likeness (QED) is 0.600. The van der Waals surface area contributed by atoms with E-state index in [1.54, 1.807) is 18.6 Å². The van der Waals surface area contributed by atoms with Crippen molar-refractivity contribution in [2.24, 2.45) is 0 Å². The highest BCUT2D eigenvalue weighted by atomic mass is 32.1. The standard InChI is InChI=1S/C12H10N8S/c1-7-17-12(21-19-7)18-10-11-14-6-9(8-4-15-16-5-8)20(11)3-2-13-10/h2-6H,1H3,(H,15,16)(H,13,17,18,19). The molecule has 0 atom stereocenters. The zero-order valence-electron chi connectivity index (χ0n) is 11.0. The van der Waals surface area contributed by atoms with E-state index in [-0.39, 0.29) is 0 Å². The van der Waals surface area contributed by atoms with Crippen LogP contribution in [0.3, 0.4) is 0 Å². The Morgan fingerprint density at radius 1 is 1.29 bits per heavy atom. The van der Waals surface area contributed by atoms with E-state index in [4.69, 9.17) is 0 Å². The van der Waals surface area contributed by atoms with E-state index in [9.17, 15) is 0 Å². The van der Waals surface area contributed by atoms with Crippen molar-refractivity contribution in [1.82, 2.24) is 33.9 Å². The van der Waals surface area contributed by atoms with Gasteiger partial charge < -0.3 is 5.32 Å². The van der Waals surface area contributed by atoms with E-state index in [1.807, 2.05) is 23.7 Å². The van der Waals surface area contributed by atoms with Crippen LogP contribution in [0.1, 0.15) is 5.82 Å². The van der Waals surface area contributed by atoms with Crippen LogP contribution in [0.4, 0.5) is 10.9 Å². The van der Waals surface area contributed by atoms with Crippen LogP contribution in [0.15, 0.2) is 31.0 Å². The first-order valence-corrected chi connectivity index (χ1v) is 6.97. The summed E-state index contributed by atoms with van der Waals surface area (Å²) in [4.78, 5) is 13.0. The highest BCUT2D eigenvalue weighted by Crippen LogP contribution is 2.24. The minimum Gasteiger partial charge on any atom is -0.312 e. The Morgan fingerprint density at radius 3 is 3.00 bits per heavy atom. The molecule has 4 aromatic heterocycles. The van der Waals surface area contributed by atoms with Crippen molar-refractivity contribution in [3.8, 4) is 11.3 Å². The van der Waals surface area contributed by atoms with Crippen LogP contribution in [0.25, 0.3) is 16.9 Å². The largest absolute Gasteiger partial charge is 0.312 e. The third kappa shape index (κ3) is 2.03. The lowest BCUT2D eigenvalue weighted by molar-refractivity contribution is 1.09. The Hall–Kier alpha value is -2.81. The van der Waals surface area contributed by atoms with Crippen LogP contribution in [0, 0.1) is 6.92 Å². The molecule has 4 aromatic rings. The summed E-state index contributed by atoms with van der Waals surface area (Å²) in [6.45, 7) is 1.85. The number of H-pyrrole nitrogens is 1. The van der Waals surface area contributed by atoms with Crippen molar-refractivity contribution in [3.05, 3.63) is 36.8 Å². The molecule has 0 unspecified atom stereocenters. The maximum atomic E-state index is 4.43. The number of nitrogens with one attached hydrogen (secondary N) is 2. The summed E-state index contributed by atoms with van der Waals surface area (Å²) in [6.07, 6.45) is 8.95. The fourth-order valence-electron chi connectivity index (χ4n) is 2.06. The molecular formula is C12H10N8S. The lowest BCUT2D eigenvalue weighted by Gasteiger charge is -2.04. The van der Waals surface area contributed by atoms with Gasteiger partial charge in [-0.15, -0.1) is 0 Å². The Labute approximate surface area is 123 Å². The Balaban J connectivity index is 1.80. The molecule has 4 heterocycles. The molecule has 0 saturated heterocycles. The van der Waals surface area contributed by atoms with E-state index in [0.717, 1.165) is 22.7 Å². The summed E-state index contributed by atoms with van der Waals surface area (Å²) in [7, 11) is 0. The van der Waals surface area contributed by atoms with Gasteiger partial charge in [0.1, 0.15) is 5.82 Å². The Kier molecular flexibility index (Phi) is 2.64. The van der Waals surface area contributed by atoms with Crippen molar-refractivity contribution in [1.29, 1.82) is 0 Å². The van der Waals surface area contributed by atoms with Crippen LogP contribution in [-0.2, 0) is 0 Å². The van der Waals surface area contributed by atoms with Crippen molar-refractivity contribution in [3.63, 3.8) is 0 Å². The zero-order chi connectivity index (χ0) is 14.2. The number of nitrogens with zero attached hydrogens (tertiary/aromatic N) is 6. The summed E-state index contributed by atoms with van der Waals surface area (Å²) in [5.74, 6) is 1.38. The Morgan fingerprint density at radius 2 is 2.24 bits per heavy atom. The zero-order valence-corrected chi connectivity index (χ0v) is 11.8. The van der Waals surface area contributed by atoms with Gasteiger partial charge >= 0.3 is 0 Å². The van der Waals surface area contributed by atoms with Gasteiger partial charge in [0.2, 0.25) is 5.13 Å². The lowest BCUT2D eigenvalue weighted by Crippen LogP contribution is -1.98. The Bertz CT molecular complexity index is 891. The summed E-state index contributed by atoms with van der Waals surface area (Å²) in [6, 6.07) is 0. The molecule has 9 heteroatoms. The number of hydrogen-bond donors (Lipinski definition) is 2. The molecule has 2 N–H and O–H groups in total. The molecule has 0 saturated carbocycles. The number of hydrogen-bond acceptors (Lipinski definition) is 7. The van der Waals surface area contributed by atoms with Gasteiger partial charge in [0.25, 0.3) is 0 Å². The third-order valence-corrected chi connectivity index (χ3v) is 3.70. The third-order valence-electron chi connectivity index (χ3n) is 2.97. The van der Waals surface area contributed by atoms with E-state index in [0.29, 0.717) is 10.9 Å². The fraction of sp³-hybridized carbons (Fsp3) is 0.0833. The first-order chi connectivity index (χ1) is 10.3. The van der Waals surface area contributed by atoms with Crippen LogP contribution in [-0.4, -0.2) is 33.9 Å². The molecule has 0 spiro atoms. The van der Waals surface area contributed by atoms with Crippen LogP contribution >= 0.6 is 11.5 Å². The maximum Gasteiger partial charge on any atom is 0.208 e. The van der Waals surface area contributed by atoms with E-state index >= 15 is 0 Å². The van der Waals surface area contributed by atoms with Gasteiger partial charge in [-0.05, 0) is 6.92 Å². The molecule has 0 aromatic carbocycles. The minimum absolute atomic E-state index is 0.642. The summed E-state index contributed by atoms with van der Waals surface area (Å²) in [5, 5.41) is 10.6. The predicted molar refractivity (Wildman–Crippen MR) is 78.5 cm³/mol. The second kappa shape index (κ2) is 4.63. The summed E-state index contributed by atoms with van der Waals surface area (Å²) < 4.78 is 6.09. The highest BCUT2D eigenvalue weighted by molar-refractivity contribution is 7.09. The molecular weight excluding hydrogens is 288 g/mol. The molecule has 0 amide bonds.